The van der Waals surface area contributed by atoms with Gasteiger partial charge in [0.25, 0.3) is 0 Å². The van der Waals surface area contributed by atoms with Crippen LogP contribution in [0.25, 0.3) is 16.6 Å². The maximum absolute atomic E-state index is 9.29. The number of aromatic nitrogens is 4. The average molecular weight is 377 g/mol. The lowest BCUT2D eigenvalue weighted by molar-refractivity contribution is 0.0684. The highest BCUT2D eigenvalue weighted by Crippen LogP contribution is 2.33. The molecule has 8 heteroatoms. The third-order valence-electron chi connectivity index (χ3n) is 5.94. The molecule has 0 unspecified atom stereocenters. The summed E-state index contributed by atoms with van der Waals surface area (Å²) in [6.07, 6.45) is 5.42. The highest BCUT2D eigenvalue weighted by atomic mass is 16.5. The van der Waals surface area contributed by atoms with Crippen LogP contribution < -0.4 is 10.1 Å². The van der Waals surface area contributed by atoms with E-state index in [0.29, 0.717) is 22.9 Å². The van der Waals surface area contributed by atoms with Gasteiger partial charge in [-0.3, -0.25) is 9.58 Å². The highest BCUT2D eigenvalue weighted by molar-refractivity contribution is 5.75. The van der Waals surface area contributed by atoms with Gasteiger partial charge in [0.15, 0.2) is 0 Å². The third kappa shape index (κ3) is 2.66. The quantitative estimate of drug-likeness (QED) is 0.725. The molecule has 0 atom stereocenters. The van der Waals surface area contributed by atoms with Crippen LogP contribution in [0.15, 0.2) is 24.7 Å². The van der Waals surface area contributed by atoms with Crippen LogP contribution >= 0.6 is 0 Å². The standard InChI is InChI=1S/C20H23N7O/c1-13-18(8-24-27(13)17-11-25(12-17)9-14-5-22-6-14)15-3-19(28-2)20-16(4-21)7-23-26(20)10-15/h3,7-8,10,14,17,22H,5-6,9,11-12H2,1-2H3. The lowest BCUT2D eigenvalue weighted by atomic mass is 9.99. The molecule has 2 fully saturated rings. The molecule has 5 rings (SSSR count). The molecule has 5 heterocycles. The van der Waals surface area contributed by atoms with E-state index in [1.54, 1.807) is 17.8 Å². The van der Waals surface area contributed by atoms with E-state index in [1.807, 2.05) is 18.5 Å². The number of fused-ring (bicyclic) bond motifs is 1. The summed E-state index contributed by atoms with van der Waals surface area (Å²) in [5.41, 5.74) is 4.39. The molecule has 0 saturated carbocycles. The summed E-state index contributed by atoms with van der Waals surface area (Å²) in [5, 5.41) is 21.6. The van der Waals surface area contributed by atoms with Gasteiger partial charge in [0.05, 0.1) is 25.5 Å². The second-order valence-electron chi connectivity index (χ2n) is 7.75. The average Bonchev–Trinajstić information content (AvgIpc) is 3.22. The molecule has 0 bridgehead atoms. The minimum atomic E-state index is 0.433. The molecule has 1 N–H and O–H groups in total. The number of ether oxygens (including phenoxy) is 1. The first-order valence-corrected chi connectivity index (χ1v) is 9.61. The highest BCUT2D eigenvalue weighted by Gasteiger charge is 2.33. The van der Waals surface area contributed by atoms with Gasteiger partial charge >= 0.3 is 0 Å². The van der Waals surface area contributed by atoms with Crippen molar-refractivity contribution in [3.63, 3.8) is 0 Å². The number of nitriles is 1. The van der Waals surface area contributed by atoms with Crippen molar-refractivity contribution in [2.45, 2.75) is 13.0 Å². The normalized spacial score (nSPS) is 18.0. The van der Waals surface area contributed by atoms with Crippen LogP contribution in [0.3, 0.4) is 0 Å². The van der Waals surface area contributed by atoms with Gasteiger partial charge in [-0.05, 0) is 18.9 Å². The van der Waals surface area contributed by atoms with Crippen molar-refractivity contribution in [3.8, 4) is 22.9 Å². The Kier molecular flexibility index (Phi) is 4.07. The van der Waals surface area contributed by atoms with E-state index in [0.717, 1.165) is 48.9 Å². The summed E-state index contributed by atoms with van der Waals surface area (Å²) in [6.45, 7) is 7.72. The number of hydrogen-bond acceptors (Lipinski definition) is 6. The van der Waals surface area contributed by atoms with Gasteiger partial charge in [-0.25, -0.2) is 4.52 Å². The van der Waals surface area contributed by atoms with E-state index < -0.39 is 0 Å². The Labute approximate surface area is 163 Å². The molecule has 8 nitrogen and oxygen atoms in total. The number of nitrogens with one attached hydrogen (secondary N) is 1. The number of methoxy groups -OCH3 is 1. The van der Waals surface area contributed by atoms with E-state index in [9.17, 15) is 5.26 Å². The van der Waals surface area contributed by atoms with Crippen LogP contribution in [0.1, 0.15) is 17.3 Å². The van der Waals surface area contributed by atoms with Crippen molar-refractivity contribution in [2.24, 2.45) is 5.92 Å². The molecular weight excluding hydrogens is 354 g/mol. The van der Waals surface area contributed by atoms with E-state index in [1.165, 1.54) is 6.54 Å². The van der Waals surface area contributed by atoms with Crippen molar-refractivity contribution in [2.75, 3.05) is 39.8 Å². The van der Waals surface area contributed by atoms with Gasteiger partial charge in [-0.1, -0.05) is 0 Å². The topological polar surface area (TPSA) is 83.4 Å². The van der Waals surface area contributed by atoms with Gasteiger partial charge in [0.1, 0.15) is 22.9 Å². The molecule has 0 aromatic carbocycles. The zero-order chi connectivity index (χ0) is 19.3. The molecule has 3 aromatic heterocycles. The minimum absolute atomic E-state index is 0.433. The van der Waals surface area contributed by atoms with Gasteiger partial charge in [-0.2, -0.15) is 15.5 Å². The Morgan fingerprint density at radius 2 is 2.11 bits per heavy atom. The molecule has 2 aliphatic heterocycles. The van der Waals surface area contributed by atoms with Crippen molar-refractivity contribution in [1.82, 2.24) is 29.6 Å². The summed E-state index contributed by atoms with van der Waals surface area (Å²) in [6, 6.07) is 4.56. The molecule has 0 amide bonds. The first-order chi connectivity index (χ1) is 13.7. The maximum atomic E-state index is 9.29. The SMILES string of the molecule is COc1cc(-c2cnn(C3CN(CC4CNC4)C3)c2C)cn2ncc(C#N)c12. The fourth-order valence-electron chi connectivity index (χ4n) is 4.23. The predicted molar refractivity (Wildman–Crippen MR) is 104 cm³/mol. The van der Waals surface area contributed by atoms with E-state index in [-0.39, 0.29) is 0 Å². The van der Waals surface area contributed by atoms with Gasteiger partial charge in [0, 0.05) is 55.7 Å². The zero-order valence-corrected chi connectivity index (χ0v) is 16.1. The van der Waals surface area contributed by atoms with Gasteiger partial charge in [0.2, 0.25) is 0 Å². The zero-order valence-electron chi connectivity index (χ0n) is 16.1. The fourth-order valence-corrected chi connectivity index (χ4v) is 4.23. The van der Waals surface area contributed by atoms with Crippen LogP contribution in [0, 0.1) is 24.2 Å². The number of nitrogens with zero attached hydrogens (tertiary/aromatic N) is 6. The van der Waals surface area contributed by atoms with Gasteiger partial charge in [-0.15, -0.1) is 0 Å². The maximum Gasteiger partial charge on any atom is 0.146 e. The monoisotopic (exact) mass is 377 g/mol. The summed E-state index contributed by atoms with van der Waals surface area (Å²) < 4.78 is 9.39. The number of likely N-dealkylation sites (tertiary alicyclic amines) is 1. The van der Waals surface area contributed by atoms with Crippen LogP contribution in [0.4, 0.5) is 0 Å². The van der Waals surface area contributed by atoms with Crippen molar-refractivity contribution in [3.05, 3.63) is 35.9 Å². The summed E-state index contributed by atoms with van der Waals surface area (Å²) >= 11 is 0. The molecule has 0 aliphatic carbocycles. The molecule has 3 aromatic rings. The minimum Gasteiger partial charge on any atom is -0.494 e. The fraction of sp³-hybridized carbons (Fsp3) is 0.450. The largest absolute Gasteiger partial charge is 0.494 e. The number of rotatable bonds is 5. The first kappa shape index (κ1) is 17.2. The lowest BCUT2D eigenvalue weighted by Crippen LogP contribution is -2.55. The Hall–Kier alpha value is -2.89. The smallest absolute Gasteiger partial charge is 0.146 e. The van der Waals surface area contributed by atoms with Crippen molar-refractivity contribution in [1.29, 1.82) is 5.26 Å². The first-order valence-electron chi connectivity index (χ1n) is 9.61. The molecule has 144 valence electrons. The van der Waals surface area contributed by atoms with Crippen LogP contribution in [0.5, 0.6) is 5.75 Å². The number of hydrogen-bond donors (Lipinski definition) is 1. The number of pyridine rings is 1. The Balaban J connectivity index is 1.41. The molecule has 0 spiro atoms. The molecule has 2 aliphatic rings. The molecule has 2 saturated heterocycles. The Morgan fingerprint density at radius 3 is 2.79 bits per heavy atom. The molecular formula is C20H23N7O. The van der Waals surface area contributed by atoms with E-state index in [4.69, 9.17) is 4.74 Å². The third-order valence-corrected chi connectivity index (χ3v) is 5.94. The van der Waals surface area contributed by atoms with Gasteiger partial charge < -0.3 is 10.1 Å². The molecule has 0 radical (unpaired) electrons. The van der Waals surface area contributed by atoms with Crippen LogP contribution in [-0.4, -0.2) is 64.1 Å². The Bertz CT molecular complexity index is 1070. The lowest BCUT2D eigenvalue weighted by Gasteiger charge is -2.43. The summed E-state index contributed by atoms with van der Waals surface area (Å²) in [7, 11) is 1.62. The van der Waals surface area contributed by atoms with Crippen molar-refractivity contribution < 1.29 is 4.74 Å². The van der Waals surface area contributed by atoms with Crippen LogP contribution in [-0.2, 0) is 0 Å². The summed E-state index contributed by atoms with van der Waals surface area (Å²) in [4.78, 5) is 2.51. The van der Waals surface area contributed by atoms with E-state index >= 15 is 0 Å². The molecule has 28 heavy (non-hydrogen) atoms. The van der Waals surface area contributed by atoms with Crippen molar-refractivity contribution >= 4 is 5.52 Å². The second-order valence-corrected chi connectivity index (χ2v) is 7.75. The summed E-state index contributed by atoms with van der Waals surface area (Å²) in [5.74, 6) is 1.45. The van der Waals surface area contributed by atoms with Crippen LogP contribution in [0.2, 0.25) is 0 Å². The second kappa shape index (κ2) is 6.62. The predicted octanol–water partition coefficient (Wildman–Crippen LogP) is 1.46. The Morgan fingerprint density at radius 1 is 1.29 bits per heavy atom. The van der Waals surface area contributed by atoms with E-state index in [2.05, 4.69) is 38.1 Å².